The first-order valence-corrected chi connectivity index (χ1v) is 4.74. The number of carbonyl (C=O) groups is 1. The zero-order chi connectivity index (χ0) is 11.5. The van der Waals surface area contributed by atoms with Gasteiger partial charge in [0, 0.05) is 19.4 Å². The van der Waals surface area contributed by atoms with Crippen LogP contribution in [0.25, 0.3) is 0 Å². The summed E-state index contributed by atoms with van der Waals surface area (Å²) in [6.45, 7) is 0. The number of ether oxygens (including phenoxy) is 1. The van der Waals surface area contributed by atoms with E-state index in [1.54, 1.807) is 36.3 Å². The molecule has 0 radical (unpaired) electrons. The van der Waals surface area contributed by atoms with Crippen LogP contribution in [0.5, 0.6) is 5.75 Å². The molecule has 82 valence electrons. The molecule has 2 rings (SSSR count). The molecule has 0 atom stereocenters. The number of pyridine rings is 1. The highest BCUT2D eigenvalue weighted by Crippen LogP contribution is 2.18. The van der Waals surface area contributed by atoms with E-state index in [1.165, 1.54) is 13.3 Å². The van der Waals surface area contributed by atoms with Gasteiger partial charge in [-0.15, -0.1) is 0 Å². The third kappa shape index (κ3) is 1.79. The lowest BCUT2D eigenvalue weighted by atomic mass is 10.1. The fourth-order valence-electron chi connectivity index (χ4n) is 1.40. The zero-order valence-electron chi connectivity index (χ0n) is 9.04. The second kappa shape index (κ2) is 4.14. The monoisotopic (exact) mass is 217 g/mol. The summed E-state index contributed by atoms with van der Waals surface area (Å²) in [5.41, 5.74) is 0.803. The fraction of sp³-hybridized carbons (Fsp3) is 0.182. The third-order valence-corrected chi connectivity index (χ3v) is 2.17. The Labute approximate surface area is 92.7 Å². The van der Waals surface area contributed by atoms with Crippen molar-refractivity contribution >= 4 is 5.78 Å². The van der Waals surface area contributed by atoms with Crippen molar-refractivity contribution in [2.45, 2.75) is 0 Å². The number of hydrogen-bond acceptors (Lipinski definition) is 4. The minimum atomic E-state index is -0.189. The lowest BCUT2D eigenvalue weighted by Crippen LogP contribution is -2.05. The van der Waals surface area contributed by atoms with Crippen LogP contribution < -0.4 is 4.74 Å². The van der Waals surface area contributed by atoms with Gasteiger partial charge in [-0.1, -0.05) is 0 Å². The molecule has 0 aliphatic carbocycles. The maximum absolute atomic E-state index is 12.0. The van der Waals surface area contributed by atoms with E-state index in [9.17, 15) is 4.79 Å². The van der Waals surface area contributed by atoms with Crippen LogP contribution in [0.3, 0.4) is 0 Å². The van der Waals surface area contributed by atoms with Crippen LogP contribution in [0, 0.1) is 0 Å². The lowest BCUT2D eigenvalue weighted by molar-refractivity contribution is 0.103. The number of rotatable bonds is 3. The Bertz CT molecular complexity index is 519. The van der Waals surface area contributed by atoms with E-state index < -0.39 is 0 Å². The van der Waals surface area contributed by atoms with E-state index in [2.05, 4.69) is 10.1 Å². The van der Waals surface area contributed by atoms with Crippen LogP contribution in [0.2, 0.25) is 0 Å². The molecule has 0 N–H and O–H groups in total. The zero-order valence-corrected chi connectivity index (χ0v) is 9.04. The molecule has 0 aliphatic heterocycles. The summed E-state index contributed by atoms with van der Waals surface area (Å²) in [7, 11) is 3.27. The van der Waals surface area contributed by atoms with Crippen molar-refractivity contribution in [3.63, 3.8) is 0 Å². The van der Waals surface area contributed by atoms with E-state index in [1.807, 2.05) is 0 Å². The first-order valence-electron chi connectivity index (χ1n) is 4.74. The molecule has 2 aromatic rings. The molecular formula is C11H11N3O2. The first-order chi connectivity index (χ1) is 7.72. The summed E-state index contributed by atoms with van der Waals surface area (Å²) in [6, 6.07) is 3.43. The molecule has 0 aromatic carbocycles. The Morgan fingerprint density at radius 2 is 2.31 bits per heavy atom. The Morgan fingerprint density at radius 3 is 2.94 bits per heavy atom. The van der Waals surface area contributed by atoms with Crippen molar-refractivity contribution in [2.24, 2.45) is 7.05 Å². The summed E-state index contributed by atoms with van der Waals surface area (Å²) < 4.78 is 6.66. The number of hydrogen-bond donors (Lipinski definition) is 0. The molecule has 2 heterocycles. The Hall–Kier alpha value is -2.17. The van der Waals surface area contributed by atoms with Gasteiger partial charge in [-0.2, -0.15) is 5.10 Å². The van der Waals surface area contributed by atoms with Crippen LogP contribution in [0.1, 0.15) is 16.1 Å². The summed E-state index contributed by atoms with van der Waals surface area (Å²) in [5, 5.41) is 3.95. The highest BCUT2D eigenvalue weighted by Gasteiger charge is 2.16. The molecule has 16 heavy (non-hydrogen) atoms. The van der Waals surface area contributed by atoms with Gasteiger partial charge >= 0.3 is 0 Å². The number of aryl methyl sites for hydroxylation is 1. The smallest absolute Gasteiger partial charge is 0.218 e. The summed E-state index contributed by atoms with van der Waals surface area (Å²) in [6.07, 6.45) is 4.72. The highest BCUT2D eigenvalue weighted by molar-refractivity contribution is 6.09. The fourth-order valence-corrected chi connectivity index (χ4v) is 1.40. The predicted octanol–water partition coefficient (Wildman–Crippen LogP) is 1.05. The SMILES string of the molecule is COc1cccnc1C(=O)c1cnn(C)c1. The maximum atomic E-state index is 12.0. The topological polar surface area (TPSA) is 57.0 Å². The largest absolute Gasteiger partial charge is 0.494 e. The molecule has 0 saturated heterocycles. The van der Waals surface area contributed by atoms with Gasteiger partial charge < -0.3 is 4.74 Å². The van der Waals surface area contributed by atoms with Gasteiger partial charge in [0.25, 0.3) is 0 Å². The lowest BCUT2D eigenvalue weighted by Gasteiger charge is -2.04. The molecule has 0 bridgehead atoms. The Morgan fingerprint density at radius 1 is 1.50 bits per heavy atom. The molecule has 0 aliphatic rings. The summed E-state index contributed by atoms with van der Waals surface area (Å²) in [4.78, 5) is 16.1. The third-order valence-electron chi connectivity index (χ3n) is 2.17. The second-order valence-corrected chi connectivity index (χ2v) is 3.29. The minimum Gasteiger partial charge on any atom is -0.494 e. The maximum Gasteiger partial charge on any atom is 0.218 e. The molecular weight excluding hydrogens is 206 g/mol. The summed E-state index contributed by atoms with van der Waals surface area (Å²) in [5.74, 6) is 0.280. The predicted molar refractivity (Wildman–Crippen MR) is 57.4 cm³/mol. The molecule has 2 aromatic heterocycles. The molecule has 0 amide bonds. The number of carbonyl (C=O) groups excluding carboxylic acids is 1. The minimum absolute atomic E-state index is 0.189. The number of ketones is 1. The highest BCUT2D eigenvalue weighted by atomic mass is 16.5. The van der Waals surface area contributed by atoms with Crippen LogP contribution >= 0.6 is 0 Å². The normalized spacial score (nSPS) is 10.1. The van der Waals surface area contributed by atoms with Gasteiger partial charge in [-0.05, 0) is 12.1 Å². The standard InChI is InChI=1S/C11H11N3O2/c1-14-7-8(6-13-14)11(15)10-9(16-2)4-3-5-12-10/h3-7H,1-2H3. The number of aromatic nitrogens is 3. The van der Waals surface area contributed by atoms with Gasteiger partial charge in [0.1, 0.15) is 5.75 Å². The Kier molecular flexibility index (Phi) is 2.68. The van der Waals surface area contributed by atoms with E-state index >= 15 is 0 Å². The van der Waals surface area contributed by atoms with Crippen LogP contribution in [-0.2, 0) is 7.05 Å². The quantitative estimate of drug-likeness (QED) is 0.721. The van der Waals surface area contributed by atoms with E-state index in [0.29, 0.717) is 17.0 Å². The van der Waals surface area contributed by atoms with Gasteiger partial charge in [0.15, 0.2) is 5.69 Å². The molecule has 0 unspecified atom stereocenters. The van der Waals surface area contributed by atoms with Gasteiger partial charge in [-0.25, -0.2) is 4.98 Å². The average Bonchev–Trinajstić information content (AvgIpc) is 2.75. The van der Waals surface area contributed by atoms with Crippen LogP contribution in [-0.4, -0.2) is 27.7 Å². The van der Waals surface area contributed by atoms with Crippen molar-refractivity contribution < 1.29 is 9.53 Å². The van der Waals surface area contributed by atoms with Gasteiger partial charge in [0.2, 0.25) is 5.78 Å². The van der Waals surface area contributed by atoms with E-state index in [-0.39, 0.29) is 5.78 Å². The Balaban J connectivity index is 2.41. The van der Waals surface area contributed by atoms with Crippen LogP contribution in [0.4, 0.5) is 0 Å². The van der Waals surface area contributed by atoms with E-state index in [0.717, 1.165) is 0 Å². The molecule has 0 saturated carbocycles. The average molecular weight is 217 g/mol. The molecule has 0 spiro atoms. The van der Waals surface area contributed by atoms with Crippen molar-refractivity contribution in [1.29, 1.82) is 0 Å². The number of nitrogens with zero attached hydrogens (tertiary/aromatic N) is 3. The second-order valence-electron chi connectivity index (χ2n) is 3.29. The molecule has 5 nitrogen and oxygen atoms in total. The van der Waals surface area contributed by atoms with E-state index in [4.69, 9.17) is 4.74 Å². The first kappa shape index (κ1) is 10.4. The van der Waals surface area contributed by atoms with Crippen molar-refractivity contribution in [2.75, 3.05) is 7.11 Å². The van der Waals surface area contributed by atoms with Crippen molar-refractivity contribution in [3.8, 4) is 5.75 Å². The number of methoxy groups -OCH3 is 1. The summed E-state index contributed by atoms with van der Waals surface area (Å²) >= 11 is 0. The van der Waals surface area contributed by atoms with Gasteiger partial charge in [-0.3, -0.25) is 9.48 Å². The van der Waals surface area contributed by atoms with Crippen molar-refractivity contribution in [3.05, 3.63) is 42.0 Å². The van der Waals surface area contributed by atoms with Crippen molar-refractivity contribution in [1.82, 2.24) is 14.8 Å². The van der Waals surface area contributed by atoms with Gasteiger partial charge in [0.05, 0.1) is 18.9 Å². The van der Waals surface area contributed by atoms with Crippen LogP contribution in [0.15, 0.2) is 30.7 Å². The molecule has 5 heteroatoms. The molecule has 0 fully saturated rings.